The van der Waals surface area contributed by atoms with Crippen molar-refractivity contribution in [1.29, 1.82) is 0 Å². The minimum Gasteiger partial charge on any atom is -0.496 e. The Morgan fingerprint density at radius 2 is 2.00 bits per heavy atom. The zero-order valence-corrected chi connectivity index (χ0v) is 7.97. The molecule has 15 heavy (non-hydrogen) atoms. The van der Waals surface area contributed by atoms with E-state index in [0.717, 1.165) is 6.07 Å². The van der Waals surface area contributed by atoms with Crippen molar-refractivity contribution in [3.05, 3.63) is 29.3 Å². The molecular weight excluding hydrogens is 211 g/mol. The molecule has 0 saturated carbocycles. The Labute approximate surface area is 84.5 Å². The van der Waals surface area contributed by atoms with Crippen molar-refractivity contribution < 1.29 is 22.7 Å². The summed E-state index contributed by atoms with van der Waals surface area (Å²) in [5.41, 5.74) is -0.495. The normalized spacial score (nSPS) is 11.5. The third kappa shape index (κ3) is 2.84. The zero-order chi connectivity index (χ0) is 11.5. The van der Waals surface area contributed by atoms with Crippen molar-refractivity contribution in [1.82, 2.24) is 0 Å². The molecule has 0 atom stereocenters. The number of benzene rings is 1. The number of alkyl halides is 3. The lowest BCUT2D eigenvalue weighted by molar-refractivity contribution is -0.138. The molecule has 0 aromatic heterocycles. The first-order chi connectivity index (χ1) is 6.99. The Kier molecular flexibility index (Phi) is 3.54. The first-order valence-electron chi connectivity index (χ1n) is 4.05. The summed E-state index contributed by atoms with van der Waals surface area (Å²) in [4.78, 5) is 4.26. The largest absolute Gasteiger partial charge is 0.496 e. The maximum atomic E-state index is 12.5. The molecule has 0 amide bonds. The first-order valence-corrected chi connectivity index (χ1v) is 4.05. The molecule has 1 aromatic carbocycles. The van der Waals surface area contributed by atoms with Crippen LogP contribution in [0.2, 0.25) is 0 Å². The third-order valence-corrected chi connectivity index (χ3v) is 1.82. The van der Waals surface area contributed by atoms with Gasteiger partial charge in [0.15, 0.2) is 0 Å². The minimum atomic E-state index is -4.45. The fourth-order valence-electron chi connectivity index (χ4n) is 1.16. The van der Waals surface area contributed by atoms with Gasteiger partial charge < -0.3 is 4.74 Å². The quantitative estimate of drug-likeness (QED) is 0.795. The van der Waals surface area contributed by atoms with Gasteiger partial charge in [-0.05, 0) is 17.7 Å². The van der Waals surface area contributed by atoms with Crippen LogP contribution in [0, 0.1) is 0 Å². The maximum absolute atomic E-state index is 12.5. The molecule has 0 unspecified atom stereocenters. The average Bonchev–Trinajstić information content (AvgIpc) is 2.17. The molecule has 0 bridgehead atoms. The molecule has 0 heterocycles. The van der Waals surface area contributed by atoms with E-state index in [2.05, 4.69) is 9.57 Å². The van der Waals surface area contributed by atoms with Gasteiger partial charge in [-0.3, -0.25) is 4.84 Å². The van der Waals surface area contributed by atoms with E-state index in [0.29, 0.717) is 5.56 Å². The molecule has 0 aliphatic heterocycles. The summed E-state index contributed by atoms with van der Waals surface area (Å²) in [5, 5.41) is 0. The van der Waals surface area contributed by atoms with Crippen LogP contribution in [0.15, 0.2) is 18.2 Å². The first kappa shape index (κ1) is 11.8. The summed E-state index contributed by atoms with van der Waals surface area (Å²) in [6.07, 6.45) is -4.45. The van der Waals surface area contributed by atoms with Gasteiger partial charge in [-0.15, -0.1) is 0 Å². The van der Waals surface area contributed by atoms with E-state index in [9.17, 15) is 13.2 Å². The van der Waals surface area contributed by atoms with E-state index < -0.39 is 11.7 Å². The molecule has 0 aliphatic rings. The highest BCUT2D eigenvalue weighted by Gasteiger charge is 2.34. The number of ether oxygens (including phenoxy) is 1. The minimum absolute atomic E-state index is 0.0763. The van der Waals surface area contributed by atoms with E-state index in [1.54, 1.807) is 0 Å². The van der Waals surface area contributed by atoms with Crippen LogP contribution in [0.1, 0.15) is 11.1 Å². The van der Waals surface area contributed by atoms with Gasteiger partial charge in [-0.2, -0.15) is 13.2 Å². The Bertz CT molecular complexity index is 339. The lowest BCUT2D eigenvalue weighted by Crippen LogP contribution is -2.09. The highest BCUT2D eigenvalue weighted by atomic mass is 19.4. The number of hydrogen-bond acceptors (Lipinski definition) is 3. The van der Waals surface area contributed by atoms with E-state index >= 15 is 0 Å². The third-order valence-electron chi connectivity index (χ3n) is 1.82. The van der Waals surface area contributed by atoms with E-state index in [4.69, 9.17) is 5.90 Å². The Hall–Kier alpha value is -1.27. The van der Waals surface area contributed by atoms with E-state index in [1.807, 2.05) is 0 Å². The van der Waals surface area contributed by atoms with Crippen molar-refractivity contribution in [2.45, 2.75) is 12.8 Å². The van der Waals surface area contributed by atoms with Gasteiger partial charge in [-0.1, -0.05) is 6.07 Å². The predicted molar refractivity (Wildman–Crippen MR) is 47.0 cm³/mol. The van der Waals surface area contributed by atoms with Gasteiger partial charge in [0.25, 0.3) is 0 Å². The Morgan fingerprint density at radius 3 is 2.47 bits per heavy atom. The molecule has 1 aromatic rings. The number of halogens is 3. The molecule has 0 aliphatic carbocycles. The lowest BCUT2D eigenvalue weighted by Gasteiger charge is -2.12. The van der Waals surface area contributed by atoms with Crippen LogP contribution in [0.4, 0.5) is 13.2 Å². The van der Waals surface area contributed by atoms with Crippen LogP contribution in [0.3, 0.4) is 0 Å². The Morgan fingerprint density at radius 1 is 1.33 bits per heavy atom. The molecule has 3 nitrogen and oxygen atoms in total. The van der Waals surface area contributed by atoms with E-state index in [-0.39, 0.29) is 12.4 Å². The molecule has 0 radical (unpaired) electrons. The number of rotatable bonds is 3. The van der Waals surface area contributed by atoms with Gasteiger partial charge in [0.1, 0.15) is 5.75 Å². The lowest BCUT2D eigenvalue weighted by atomic mass is 10.1. The summed E-state index contributed by atoms with van der Waals surface area (Å²) < 4.78 is 42.1. The van der Waals surface area contributed by atoms with Crippen LogP contribution >= 0.6 is 0 Å². The van der Waals surface area contributed by atoms with Crippen LogP contribution in [-0.2, 0) is 17.6 Å². The van der Waals surface area contributed by atoms with Crippen molar-refractivity contribution in [2.75, 3.05) is 7.11 Å². The molecule has 1 rings (SSSR count). The number of hydrogen-bond donors (Lipinski definition) is 1. The standard InChI is InChI=1S/C9H10F3NO2/c1-14-8-3-2-6(5-15-13)4-7(8)9(10,11)12/h2-4H,5,13H2,1H3. The smallest absolute Gasteiger partial charge is 0.419 e. The average molecular weight is 221 g/mol. The molecule has 2 N–H and O–H groups in total. The predicted octanol–water partition coefficient (Wildman–Crippen LogP) is 2.10. The fraction of sp³-hybridized carbons (Fsp3) is 0.333. The highest BCUT2D eigenvalue weighted by molar-refractivity contribution is 5.39. The fourth-order valence-corrected chi connectivity index (χ4v) is 1.16. The summed E-state index contributed by atoms with van der Waals surface area (Å²) in [6, 6.07) is 3.64. The molecule has 0 fully saturated rings. The summed E-state index contributed by atoms with van der Waals surface area (Å²) >= 11 is 0. The van der Waals surface area contributed by atoms with Crippen LogP contribution in [0.25, 0.3) is 0 Å². The monoisotopic (exact) mass is 221 g/mol. The van der Waals surface area contributed by atoms with Gasteiger partial charge in [0.2, 0.25) is 0 Å². The van der Waals surface area contributed by atoms with Gasteiger partial charge >= 0.3 is 6.18 Å². The van der Waals surface area contributed by atoms with Crippen LogP contribution in [-0.4, -0.2) is 7.11 Å². The highest BCUT2D eigenvalue weighted by Crippen LogP contribution is 2.36. The van der Waals surface area contributed by atoms with Crippen LogP contribution in [0.5, 0.6) is 5.75 Å². The number of nitrogens with two attached hydrogens (primary N) is 1. The maximum Gasteiger partial charge on any atom is 0.419 e. The van der Waals surface area contributed by atoms with Crippen LogP contribution < -0.4 is 10.6 Å². The van der Waals surface area contributed by atoms with Gasteiger partial charge in [-0.25, -0.2) is 5.90 Å². The second-order valence-electron chi connectivity index (χ2n) is 2.84. The van der Waals surface area contributed by atoms with Crippen molar-refractivity contribution in [3.8, 4) is 5.75 Å². The second-order valence-corrected chi connectivity index (χ2v) is 2.84. The van der Waals surface area contributed by atoms with Crippen molar-refractivity contribution >= 4 is 0 Å². The zero-order valence-electron chi connectivity index (χ0n) is 7.97. The molecule has 6 heteroatoms. The number of methoxy groups -OCH3 is 1. The molecule has 0 spiro atoms. The summed E-state index contributed by atoms with van der Waals surface area (Å²) in [6.45, 7) is -0.0763. The topological polar surface area (TPSA) is 44.5 Å². The Balaban J connectivity index is 3.13. The van der Waals surface area contributed by atoms with Crippen molar-refractivity contribution in [2.24, 2.45) is 5.90 Å². The van der Waals surface area contributed by atoms with E-state index in [1.165, 1.54) is 19.2 Å². The molecule has 0 saturated heterocycles. The summed E-state index contributed by atoms with van der Waals surface area (Å²) in [5.74, 6) is 4.56. The molecule has 84 valence electrons. The summed E-state index contributed by atoms with van der Waals surface area (Å²) in [7, 11) is 1.18. The molecular formula is C9H10F3NO2. The van der Waals surface area contributed by atoms with Gasteiger partial charge in [0.05, 0.1) is 19.3 Å². The van der Waals surface area contributed by atoms with Crippen molar-refractivity contribution in [3.63, 3.8) is 0 Å². The van der Waals surface area contributed by atoms with Gasteiger partial charge in [0, 0.05) is 0 Å². The second kappa shape index (κ2) is 4.50. The SMILES string of the molecule is COc1ccc(CON)cc1C(F)(F)F.